The fourth-order valence-electron chi connectivity index (χ4n) is 20.2. The average molecular weight is 2010 g/mol. The SMILES string of the molecule is CC(NC(C)(C)C)C(=O)c1cccc(Cl)c1.CCN(CC)C(=O)[C@]1(c2ccccc2)C[C@@H]1CN.CCN(CC)C(=O)[C@]1(c2ccccc2)C[C@@H]1CN.CNCCOC(c1ccccc1)c1ccccc1C.COc1ccc(C(CN(C)C)C2(O)CCCCC2)cc1.Cc1ccc(Sc2ccccc2N2CCNCC2)c(C)c1.N#Cc1ccc2[nH]cc(CCCCN3CCN(c4ccc5oc(C(N)=O)cc5c4)CC3)c2c1. The summed E-state index contributed by atoms with van der Waals surface area (Å²) in [6.45, 7) is 38.7. The number of piperazine rings is 2. The van der Waals surface area contributed by atoms with Crippen LogP contribution in [-0.4, -0.2) is 216 Å². The number of fused-ring (bicyclic) bond motifs is 2. The molecule has 2 aliphatic heterocycles. The number of nitrogens with two attached hydrogens (primary N) is 3. The Bertz CT molecular complexity index is 5980. The molecule has 3 unspecified atom stereocenters. The molecule has 0 bridgehead atoms. The number of aryl methyl sites for hydroxylation is 4. The maximum absolute atomic E-state index is 12.7. The number of benzene rings is 10. The molecule has 10 aromatic carbocycles. The van der Waals surface area contributed by atoms with Gasteiger partial charge in [-0.05, 0) is 303 Å². The van der Waals surface area contributed by atoms with E-state index in [1.165, 1.54) is 66.2 Å². The van der Waals surface area contributed by atoms with Gasteiger partial charge in [-0.3, -0.25) is 24.1 Å². The second kappa shape index (κ2) is 55.9. The lowest BCUT2D eigenvalue weighted by molar-refractivity contribution is -0.134. The van der Waals surface area contributed by atoms with Gasteiger partial charge in [0.2, 0.25) is 11.8 Å². The van der Waals surface area contributed by atoms with Crippen LogP contribution in [0.15, 0.2) is 269 Å². The van der Waals surface area contributed by atoms with Crippen LogP contribution in [0, 0.1) is 43.9 Å². The molecule has 11 N–H and O–H groups in total. The van der Waals surface area contributed by atoms with Crippen LogP contribution < -0.4 is 47.7 Å². The van der Waals surface area contributed by atoms with E-state index < -0.39 is 11.5 Å². The summed E-state index contributed by atoms with van der Waals surface area (Å²) in [4.78, 5) is 68.3. The van der Waals surface area contributed by atoms with Crippen LogP contribution in [0.2, 0.25) is 5.02 Å². The van der Waals surface area contributed by atoms with Crippen LogP contribution in [0.1, 0.15) is 202 Å². The Morgan fingerprint density at radius 3 is 1.80 bits per heavy atom. The Labute approximate surface area is 872 Å². The summed E-state index contributed by atoms with van der Waals surface area (Å²) in [5.41, 5.74) is 32.4. The molecular formula is C121H159ClN14O8S. The number of furan rings is 1. The van der Waals surface area contributed by atoms with Gasteiger partial charge in [-0.15, -0.1) is 0 Å². The van der Waals surface area contributed by atoms with Crippen molar-refractivity contribution in [1.29, 1.82) is 5.26 Å². The number of H-pyrrole nitrogens is 1. The number of carbonyl (C=O) groups excluding carboxylic acids is 4. The zero-order chi connectivity index (χ0) is 104. The maximum Gasteiger partial charge on any atom is 0.284 e. The number of likely N-dealkylation sites (N-methyl/N-ethyl adjacent to an activating group) is 4. The van der Waals surface area contributed by atoms with Crippen molar-refractivity contribution >= 4 is 80.1 Å². The first-order chi connectivity index (χ1) is 69.9. The second-order valence-electron chi connectivity index (χ2n) is 40.0. The highest BCUT2D eigenvalue weighted by Gasteiger charge is 2.62. The summed E-state index contributed by atoms with van der Waals surface area (Å²) in [7, 11) is 7.76. The lowest BCUT2D eigenvalue weighted by atomic mass is 9.72. The number of unbranched alkanes of at least 4 members (excludes halogenated alkanes) is 1. The smallest absolute Gasteiger partial charge is 0.284 e. The summed E-state index contributed by atoms with van der Waals surface area (Å²) in [5.74, 6) is 1.85. The molecule has 12 aromatic rings. The van der Waals surface area contributed by atoms with Crippen LogP contribution in [-0.2, 0) is 31.6 Å². The number of nitrogens with zero attached hydrogens (tertiary/aromatic N) is 7. The molecular weight excluding hydrogens is 1840 g/mol. The Morgan fingerprint density at radius 1 is 0.648 bits per heavy atom. The average Bonchev–Trinajstić information content (AvgIpc) is 1.56. The van der Waals surface area contributed by atoms with Gasteiger partial charge in [-0.25, -0.2) is 0 Å². The number of methoxy groups -OCH3 is 1. The van der Waals surface area contributed by atoms with Crippen molar-refractivity contribution in [2.75, 3.05) is 156 Å². The van der Waals surface area contributed by atoms with Gasteiger partial charge in [0.05, 0.1) is 53.5 Å². The number of aromatic nitrogens is 1. The number of ketones is 1. The summed E-state index contributed by atoms with van der Waals surface area (Å²) in [6.07, 6.45) is 12.5. The van der Waals surface area contributed by atoms with Crippen LogP contribution in [0.3, 0.4) is 0 Å². The Hall–Kier alpha value is -11.5. The minimum absolute atomic E-state index is 0.00995. The highest BCUT2D eigenvalue weighted by molar-refractivity contribution is 7.99. The number of nitrogens with one attached hydrogen (secondary N) is 4. The maximum atomic E-state index is 12.7. The number of ether oxygens (including phenoxy) is 2. The number of anilines is 2. The number of amides is 3. The van der Waals surface area contributed by atoms with E-state index in [1.54, 1.807) is 37.4 Å². The summed E-state index contributed by atoms with van der Waals surface area (Å²) < 4.78 is 16.8. The zero-order valence-corrected chi connectivity index (χ0v) is 90.0. The lowest BCUT2D eigenvalue weighted by Crippen LogP contribution is -2.46. The monoisotopic (exact) mass is 2000 g/mol. The molecule has 3 amide bonds. The number of primary amides is 1. The number of aliphatic hydroxyl groups is 1. The van der Waals surface area contributed by atoms with Crippen molar-refractivity contribution in [2.45, 2.75) is 190 Å². The lowest BCUT2D eigenvalue weighted by Gasteiger charge is -2.40. The van der Waals surface area contributed by atoms with E-state index in [9.17, 15) is 24.3 Å². The van der Waals surface area contributed by atoms with E-state index in [0.717, 1.165) is 189 Å². The van der Waals surface area contributed by atoms with E-state index in [2.05, 4.69) is 221 Å². The Kier molecular flexibility index (Phi) is 43.9. The molecule has 3 saturated carbocycles. The summed E-state index contributed by atoms with van der Waals surface area (Å²) >= 11 is 7.74. The topological polar surface area (TPSA) is 293 Å². The van der Waals surface area contributed by atoms with Crippen molar-refractivity contribution in [1.82, 2.24) is 40.5 Å². The fourth-order valence-corrected chi connectivity index (χ4v) is 21.5. The number of carbonyl (C=O) groups is 4. The van der Waals surface area contributed by atoms with E-state index in [0.29, 0.717) is 53.3 Å². The zero-order valence-electron chi connectivity index (χ0n) is 88.4. The van der Waals surface area contributed by atoms with Crippen LogP contribution in [0.5, 0.6) is 5.75 Å². The number of Topliss-reactive ketones (excluding diaryl/α,β-unsaturated/α-hetero) is 1. The third-order valence-electron chi connectivity index (χ3n) is 28.4. The number of hydrogen-bond donors (Lipinski definition) is 8. The number of aromatic amines is 1. The van der Waals surface area contributed by atoms with E-state index in [-0.39, 0.29) is 57.8 Å². The predicted molar refractivity (Wildman–Crippen MR) is 597 cm³/mol. The van der Waals surface area contributed by atoms with Crippen LogP contribution >= 0.6 is 23.4 Å². The van der Waals surface area contributed by atoms with Crippen LogP contribution in [0.4, 0.5) is 11.4 Å². The Morgan fingerprint density at radius 2 is 1.25 bits per heavy atom. The molecule has 4 heterocycles. The predicted octanol–water partition coefficient (Wildman–Crippen LogP) is 21.1. The molecule has 2 saturated heterocycles. The first-order valence-corrected chi connectivity index (χ1v) is 53.3. The molecule has 774 valence electrons. The number of rotatable bonds is 34. The van der Waals surface area contributed by atoms with Gasteiger partial charge in [0.1, 0.15) is 17.4 Å². The van der Waals surface area contributed by atoms with Gasteiger partial charge < -0.3 is 81.6 Å². The first-order valence-electron chi connectivity index (χ1n) is 52.1. The highest BCUT2D eigenvalue weighted by atomic mass is 35.5. The van der Waals surface area contributed by atoms with E-state index in [4.69, 9.17) is 48.0 Å². The van der Waals surface area contributed by atoms with Gasteiger partial charge in [-0.1, -0.05) is 212 Å². The molecule has 5 aliphatic rings. The molecule has 2 aromatic heterocycles. The van der Waals surface area contributed by atoms with Crippen LogP contribution in [0.25, 0.3) is 21.9 Å². The number of halogens is 1. The normalized spacial score (nSPS) is 17.8. The molecule has 17 rings (SSSR count). The van der Waals surface area contributed by atoms with Gasteiger partial charge in [0, 0.05) is 152 Å². The quantitative estimate of drug-likeness (QED) is 0.0137. The van der Waals surface area contributed by atoms with Crippen molar-refractivity contribution in [2.24, 2.45) is 29.0 Å². The largest absolute Gasteiger partial charge is 0.497 e. The molecule has 0 spiro atoms. The van der Waals surface area contributed by atoms with E-state index in [1.807, 2.05) is 169 Å². The van der Waals surface area contributed by atoms with Crippen molar-refractivity contribution < 1.29 is 38.2 Å². The standard InChI is InChI=1S/C26H27N5O2.C18H22N2S.C17H27NO2.C17H21NO.2C15H22N2O.C13H18ClNO/c27-16-18-4-6-23-22(13-18)19(17-29-23)3-1-2-8-30-9-11-31(12-10-30)21-5-7-24-20(14-21)15-25(33-24)26(28)32;1-14-7-8-17(15(2)13-14)21-18-6-4-3-5-16(18)20-11-9-19-10-12-20;1-18(2)13-16(17(19)11-5-4-6-12-17)14-7-9-15(20-3)10-8-14;1-14-8-6-7-11-16(14)17(19-13-12-18-2)15-9-4-3-5-10-15;2*1-3-17(4-2)14(18)15(10-13(15)11-16)12-8-6-5-7-9-12;1-9(15-13(2,3)4)12(16)10-6-5-7-11(14)8-10/h4-7,13-15,17,29H,1-3,8-12H2,(H2,28,32);3-8,13,19H,9-12H2,1-2H3;7-10,16,19H,4-6,11-13H2,1-3H3;3-11,17-18H,12-13H2,1-2H3;2*5-9,13H,3-4,10-11,16H2,1-2H3;5-9,15H,1-4H3/t;;;;2*13-,15+;/m....11./s1. The summed E-state index contributed by atoms with van der Waals surface area (Å²) in [6, 6.07) is 85.2. The fraction of sp³-hybridized carbons (Fsp3) is 0.430. The minimum Gasteiger partial charge on any atom is -0.497 e. The number of para-hydroxylation sites is 1. The third-order valence-corrected chi connectivity index (χ3v) is 29.9. The van der Waals surface area contributed by atoms with Crippen molar-refractivity contribution in [3.8, 4) is 11.8 Å². The molecule has 22 nitrogen and oxygen atoms in total. The molecule has 0 radical (unpaired) electrons. The van der Waals surface area contributed by atoms with Gasteiger partial charge in [0.15, 0.2) is 11.5 Å². The molecule has 5 fully saturated rings. The highest BCUT2D eigenvalue weighted by Crippen LogP contribution is 2.56. The Balaban J connectivity index is 0.000000164. The third kappa shape index (κ3) is 31.5. The number of nitriles is 1. The first kappa shape index (κ1) is 114. The number of hydrogen-bond acceptors (Lipinski definition) is 19. The molecule has 145 heavy (non-hydrogen) atoms. The van der Waals surface area contributed by atoms with Gasteiger partial charge in [0.25, 0.3) is 5.91 Å². The van der Waals surface area contributed by atoms with Crippen molar-refractivity contribution in [3.63, 3.8) is 0 Å². The second-order valence-corrected chi connectivity index (χ2v) is 41.5. The van der Waals surface area contributed by atoms with Gasteiger partial charge >= 0.3 is 0 Å². The minimum atomic E-state index is -0.558. The summed E-state index contributed by atoms with van der Waals surface area (Å²) in [5, 5.41) is 32.7. The van der Waals surface area contributed by atoms with Gasteiger partial charge in [-0.2, -0.15) is 5.26 Å². The molecule has 7 atom stereocenters. The molecule has 24 heteroatoms. The van der Waals surface area contributed by atoms with E-state index >= 15 is 0 Å². The van der Waals surface area contributed by atoms with Crippen molar-refractivity contribution in [3.05, 3.63) is 327 Å². The molecule has 3 aliphatic carbocycles.